The van der Waals surface area contributed by atoms with Crippen LogP contribution in [0.25, 0.3) is 0 Å². The molecule has 2 heterocycles. The molecule has 1 aromatic heterocycles. The van der Waals surface area contributed by atoms with Gasteiger partial charge in [0, 0.05) is 12.3 Å². The highest BCUT2D eigenvalue weighted by atomic mass is 32.2. The van der Waals surface area contributed by atoms with Gasteiger partial charge in [-0.15, -0.1) is 5.10 Å². The maximum Gasteiger partial charge on any atom is 0.344 e. The number of nitrogens with zero attached hydrogens (tertiary/aromatic N) is 2. The standard InChI is InChI=1S/C18H24N4O3S/c1-3-13-6-8-14(9-7-13)19-16(23)12(2)26-18-21-20-17(24)22(18)11-15-5-4-10-25-15/h6-9,12,15H,3-5,10-11H2,1-2H3,(H,19,23)(H,20,24). The van der Waals surface area contributed by atoms with Gasteiger partial charge >= 0.3 is 5.69 Å². The van der Waals surface area contributed by atoms with Crippen LogP contribution < -0.4 is 11.0 Å². The Balaban J connectivity index is 1.62. The third kappa shape index (κ3) is 4.56. The van der Waals surface area contributed by atoms with Crippen molar-refractivity contribution in [1.29, 1.82) is 0 Å². The van der Waals surface area contributed by atoms with Crippen molar-refractivity contribution in [2.24, 2.45) is 0 Å². The summed E-state index contributed by atoms with van der Waals surface area (Å²) in [5.41, 5.74) is 1.71. The number of hydrogen-bond acceptors (Lipinski definition) is 5. The molecule has 8 heteroatoms. The lowest BCUT2D eigenvalue weighted by Crippen LogP contribution is -2.26. The van der Waals surface area contributed by atoms with Gasteiger partial charge < -0.3 is 10.1 Å². The van der Waals surface area contributed by atoms with Gasteiger partial charge in [-0.3, -0.25) is 9.36 Å². The monoisotopic (exact) mass is 376 g/mol. The Bertz CT molecular complexity index is 794. The van der Waals surface area contributed by atoms with Gasteiger partial charge in [0.05, 0.1) is 17.9 Å². The minimum atomic E-state index is -0.390. The summed E-state index contributed by atoms with van der Waals surface area (Å²) in [4.78, 5) is 24.5. The van der Waals surface area contributed by atoms with Gasteiger partial charge in [0.1, 0.15) is 0 Å². The van der Waals surface area contributed by atoms with Crippen LogP contribution in [0, 0.1) is 0 Å². The summed E-state index contributed by atoms with van der Waals surface area (Å²) < 4.78 is 7.15. The smallest absolute Gasteiger partial charge is 0.344 e. The lowest BCUT2D eigenvalue weighted by molar-refractivity contribution is -0.115. The van der Waals surface area contributed by atoms with E-state index < -0.39 is 0 Å². The van der Waals surface area contributed by atoms with E-state index in [9.17, 15) is 9.59 Å². The van der Waals surface area contributed by atoms with E-state index >= 15 is 0 Å². The highest BCUT2D eigenvalue weighted by Gasteiger charge is 2.23. The van der Waals surface area contributed by atoms with E-state index in [-0.39, 0.29) is 23.0 Å². The molecule has 1 amide bonds. The van der Waals surface area contributed by atoms with Crippen LogP contribution in [0.2, 0.25) is 0 Å². The quantitative estimate of drug-likeness (QED) is 0.725. The van der Waals surface area contributed by atoms with Crippen LogP contribution in [0.5, 0.6) is 0 Å². The van der Waals surface area contributed by atoms with Crippen molar-refractivity contribution < 1.29 is 9.53 Å². The highest BCUT2D eigenvalue weighted by Crippen LogP contribution is 2.23. The van der Waals surface area contributed by atoms with E-state index in [1.807, 2.05) is 24.3 Å². The molecule has 2 unspecified atom stereocenters. The second-order valence-electron chi connectivity index (χ2n) is 6.36. The SMILES string of the molecule is CCc1ccc(NC(=O)C(C)Sc2n[nH]c(=O)n2CC2CCCO2)cc1. The van der Waals surface area contributed by atoms with Crippen molar-refractivity contribution in [2.45, 2.75) is 56.2 Å². The molecule has 1 aliphatic rings. The maximum atomic E-state index is 12.5. The lowest BCUT2D eigenvalue weighted by atomic mass is 10.1. The lowest BCUT2D eigenvalue weighted by Gasteiger charge is -2.14. The average Bonchev–Trinajstić information content (AvgIpc) is 3.28. The van der Waals surface area contributed by atoms with Gasteiger partial charge in [-0.1, -0.05) is 30.8 Å². The highest BCUT2D eigenvalue weighted by molar-refractivity contribution is 8.00. The maximum absolute atomic E-state index is 12.5. The summed E-state index contributed by atoms with van der Waals surface area (Å²) in [6, 6.07) is 7.80. The Morgan fingerprint density at radius 3 is 2.88 bits per heavy atom. The molecule has 26 heavy (non-hydrogen) atoms. The Hall–Kier alpha value is -2.06. The van der Waals surface area contributed by atoms with Gasteiger partial charge in [-0.2, -0.15) is 0 Å². The molecule has 2 atom stereocenters. The zero-order valence-corrected chi connectivity index (χ0v) is 15.8. The van der Waals surface area contributed by atoms with E-state index in [1.54, 1.807) is 11.5 Å². The molecule has 3 rings (SSSR count). The van der Waals surface area contributed by atoms with Gasteiger partial charge in [-0.05, 0) is 43.9 Å². The first kappa shape index (κ1) is 18.7. The number of ether oxygens (including phenoxy) is 1. The Labute approximate surface area is 156 Å². The zero-order valence-electron chi connectivity index (χ0n) is 15.0. The van der Waals surface area contributed by atoms with Gasteiger partial charge in [0.15, 0.2) is 5.16 Å². The van der Waals surface area contributed by atoms with Crippen molar-refractivity contribution >= 4 is 23.4 Å². The number of aryl methyl sites for hydroxylation is 1. The van der Waals surface area contributed by atoms with Crippen LogP contribution in [0.4, 0.5) is 5.69 Å². The van der Waals surface area contributed by atoms with Crippen molar-refractivity contribution in [3.05, 3.63) is 40.3 Å². The van der Waals surface area contributed by atoms with E-state index in [4.69, 9.17) is 4.74 Å². The number of carbonyl (C=O) groups excluding carboxylic acids is 1. The van der Waals surface area contributed by atoms with Crippen LogP contribution >= 0.6 is 11.8 Å². The van der Waals surface area contributed by atoms with Crippen molar-refractivity contribution in [3.63, 3.8) is 0 Å². The summed E-state index contributed by atoms with van der Waals surface area (Å²) in [7, 11) is 0. The van der Waals surface area contributed by atoms with Crippen LogP contribution in [0.15, 0.2) is 34.2 Å². The summed E-state index contributed by atoms with van der Waals surface area (Å²) >= 11 is 1.26. The normalized spacial score (nSPS) is 18.0. The minimum Gasteiger partial charge on any atom is -0.376 e. The molecule has 2 N–H and O–H groups in total. The van der Waals surface area contributed by atoms with Gasteiger partial charge in [0.2, 0.25) is 5.91 Å². The molecule has 0 spiro atoms. The molecule has 0 aliphatic carbocycles. The van der Waals surface area contributed by atoms with E-state index in [2.05, 4.69) is 22.4 Å². The number of anilines is 1. The van der Waals surface area contributed by atoms with Crippen LogP contribution in [0.1, 0.15) is 32.3 Å². The molecule has 0 bridgehead atoms. The molecule has 0 saturated carbocycles. The predicted molar refractivity (Wildman–Crippen MR) is 102 cm³/mol. The average molecular weight is 376 g/mol. The number of nitrogens with one attached hydrogen (secondary N) is 2. The molecule has 140 valence electrons. The molecule has 1 aromatic carbocycles. The Morgan fingerprint density at radius 2 is 2.23 bits per heavy atom. The first-order valence-electron chi connectivity index (χ1n) is 8.90. The van der Waals surface area contributed by atoms with Crippen molar-refractivity contribution in [2.75, 3.05) is 11.9 Å². The Kier molecular flexibility index (Phi) is 6.16. The molecular weight excluding hydrogens is 352 g/mol. The fourth-order valence-electron chi connectivity index (χ4n) is 2.83. The molecule has 7 nitrogen and oxygen atoms in total. The molecule has 1 saturated heterocycles. The van der Waals surface area contributed by atoms with Gasteiger partial charge in [-0.25, -0.2) is 9.89 Å². The molecule has 0 radical (unpaired) electrons. The van der Waals surface area contributed by atoms with E-state index in [1.165, 1.54) is 17.3 Å². The van der Waals surface area contributed by atoms with Crippen LogP contribution in [0.3, 0.4) is 0 Å². The topological polar surface area (TPSA) is 89.0 Å². The summed E-state index contributed by atoms with van der Waals surface area (Å²) in [5.74, 6) is -0.127. The number of aromatic nitrogens is 3. The first-order chi connectivity index (χ1) is 12.6. The molecular formula is C18H24N4O3S. The number of rotatable bonds is 7. The number of benzene rings is 1. The summed E-state index contributed by atoms with van der Waals surface area (Å²) in [5, 5.41) is 9.55. The first-order valence-corrected chi connectivity index (χ1v) is 9.78. The Morgan fingerprint density at radius 1 is 1.46 bits per heavy atom. The second kappa shape index (κ2) is 8.55. The fraction of sp³-hybridized carbons (Fsp3) is 0.500. The number of thioether (sulfide) groups is 1. The predicted octanol–water partition coefficient (Wildman–Crippen LogP) is 2.43. The summed E-state index contributed by atoms with van der Waals surface area (Å²) in [6.45, 7) is 5.09. The number of aromatic amines is 1. The number of carbonyl (C=O) groups is 1. The van der Waals surface area contributed by atoms with Gasteiger partial charge in [0.25, 0.3) is 0 Å². The number of hydrogen-bond donors (Lipinski definition) is 2. The number of H-pyrrole nitrogens is 1. The van der Waals surface area contributed by atoms with Crippen LogP contribution in [-0.4, -0.2) is 38.6 Å². The summed E-state index contributed by atoms with van der Waals surface area (Å²) in [6.07, 6.45) is 2.94. The fourth-order valence-corrected chi connectivity index (χ4v) is 3.69. The zero-order chi connectivity index (χ0) is 18.5. The molecule has 1 fully saturated rings. The molecule has 2 aromatic rings. The van der Waals surface area contributed by atoms with Crippen molar-refractivity contribution in [3.8, 4) is 0 Å². The van der Waals surface area contributed by atoms with Crippen molar-refractivity contribution in [1.82, 2.24) is 14.8 Å². The third-order valence-electron chi connectivity index (χ3n) is 4.41. The number of amides is 1. The van der Waals surface area contributed by atoms with E-state index in [0.29, 0.717) is 11.7 Å². The third-order valence-corrected chi connectivity index (χ3v) is 5.50. The minimum absolute atomic E-state index is 0.0332. The second-order valence-corrected chi connectivity index (χ2v) is 7.66. The van der Waals surface area contributed by atoms with E-state index in [0.717, 1.165) is 31.6 Å². The largest absolute Gasteiger partial charge is 0.376 e. The van der Waals surface area contributed by atoms with Crippen LogP contribution in [-0.2, 0) is 22.5 Å². The molecule has 1 aliphatic heterocycles.